The first-order valence-corrected chi connectivity index (χ1v) is 5.37. The highest BCUT2D eigenvalue weighted by molar-refractivity contribution is 5.94. The van der Waals surface area contributed by atoms with Crippen molar-refractivity contribution >= 4 is 17.3 Å². The first-order chi connectivity index (χ1) is 8.41. The van der Waals surface area contributed by atoms with E-state index in [1.54, 1.807) is 0 Å². The van der Waals surface area contributed by atoms with Crippen LogP contribution in [0.25, 0.3) is 0 Å². The molecule has 96 valence electrons. The summed E-state index contributed by atoms with van der Waals surface area (Å²) < 4.78 is 0. The number of nitro groups is 1. The highest BCUT2D eigenvalue weighted by Crippen LogP contribution is 2.25. The monoisotopic (exact) mass is 249 g/mol. The number of anilines is 1. The molecule has 0 unspecified atom stereocenters. The lowest BCUT2D eigenvalue weighted by Crippen LogP contribution is -2.12. The second kappa shape index (κ2) is 5.81. The normalized spacial score (nSPS) is 9.67. The summed E-state index contributed by atoms with van der Waals surface area (Å²) in [5.41, 5.74) is 6.52. The lowest BCUT2D eigenvalue weighted by Gasteiger charge is -2.06. The van der Waals surface area contributed by atoms with Gasteiger partial charge in [-0.2, -0.15) is 0 Å². The van der Waals surface area contributed by atoms with Crippen molar-refractivity contribution in [3.8, 4) is 0 Å². The molecule has 0 radical (unpaired) electrons. The van der Waals surface area contributed by atoms with E-state index >= 15 is 0 Å². The molecule has 1 rings (SSSR count). The molecule has 0 aliphatic heterocycles. The van der Waals surface area contributed by atoms with Crippen LogP contribution >= 0.6 is 0 Å². The van der Waals surface area contributed by atoms with Gasteiger partial charge in [-0.3, -0.25) is 14.9 Å². The average Bonchev–Trinajstić information content (AvgIpc) is 2.28. The van der Waals surface area contributed by atoms with Crippen molar-refractivity contribution in [1.29, 1.82) is 0 Å². The Morgan fingerprint density at radius 2 is 2.17 bits per heavy atom. The first-order valence-electron chi connectivity index (χ1n) is 5.37. The lowest BCUT2D eigenvalue weighted by atomic mass is 10.1. The third kappa shape index (κ3) is 3.58. The van der Waals surface area contributed by atoms with Gasteiger partial charge in [-0.1, -0.05) is 11.6 Å². The fraction of sp³-hybridized carbons (Fsp3) is 0.250. The van der Waals surface area contributed by atoms with Gasteiger partial charge < -0.3 is 11.1 Å². The van der Waals surface area contributed by atoms with E-state index in [1.807, 2.05) is 19.9 Å². The van der Waals surface area contributed by atoms with Gasteiger partial charge >= 0.3 is 0 Å². The molecule has 18 heavy (non-hydrogen) atoms. The Labute approximate surface area is 105 Å². The molecule has 0 bridgehead atoms. The standard InChI is InChI=1S/C12H15N3O3/c1-8(2)5-6-14-10-4-3-9(12(13)16)7-11(10)15(17)18/h3-5,7,14H,6H2,1-2H3,(H2,13,16). The van der Waals surface area contributed by atoms with Crippen molar-refractivity contribution in [3.63, 3.8) is 0 Å². The Morgan fingerprint density at radius 1 is 1.50 bits per heavy atom. The SMILES string of the molecule is CC(C)=CCNc1ccc(C(N)=O)cc1[N+](=O)[O-]. The topological polar surface area (TPSA) is 98.3 Å². The van der Waals surface area contributed by atoms with Crippen molar-refractivity contribution < 1.29 is 9.72 Å². The number of amides is 1. The van der Waals surface area contributed by atoms with Gasteiger partial charge in [-0.05, 0) is 26.0 Å². The van der Waals surface area contributed by atoms with Crippen LogP contribution in [0.3, 0.4) is 0 Å². The van der Waals surface area contributed by atoms with E-state index in [2.05, 4.69) is 5.32 Å². The van der Waals surface area contributed by atoms with Gasteiger partial charge in [0, 0.05) is 18.2 Å². The fourth-order valence-corrected chi connectivity index (χ4v) is 1.35. The van der Waals surface area contributed by atoms with Gasteiger partial charge in [0.15, 0.2) is 0 Å². The Balaban J connectivity index is 3.01. The smallest absolute Gasteiger partial charge is 0.293 e. The second-order valence-electron chi connectivity index (χ2n) is 4.02. The zero-order valence-corrected chi connectivity index (χ0v) is 10.3. The number of benzene rings is 1. The Morgan fingerprint density at radius 3 is 2.67 bits per heavy atom. The van der Waals surface area contributed by atoms with Gasteiger partial charge in [0.25, 0.3) is 5.69 Å². The van der Waals surface area contributed by atoms with E-state index in [9.17, 15) is 14.9 Å². The molecule has 0 aliphatic carbocycles. The van der Waals surface area contributed by atoms with Crippen LogP contribution in [-0.4, -0.2) is 17.4 Å². The third-order valence-electron chi connectivity index (χ3n) is 2.28. The van der Waals surface area contributed by atoms with E-state index in [0.29, 0.717) is 12.2 Å². The fourth-order valence-electron chi connectivity index (χ4n) is 1.35. The molecule has 0 atom stereocenters. The number of nitro benzene ring substituents is 1. The van der Waals surface area contributed by atoms with Gasteiger partial charge in [0.05, 0.1) is 4.92 Å². The molecule has 1 aromatic carbocycles. The van der Waals surface area contributed by atoms with Crippen LogP contribution in [-0.2, 0) is 0 Å². The van der Waals surface area contributed by atoms with Crippen LogP contribution in [0.2, 0.25) is 0 Å². The van der Waals surface area contributed by atoms with Crippen molar-refractivity contribution in [1.82, 2.24) is 0 Å². The molecular formula is C12H15N3O3. The minimum atomic E-state index is -0.686. The predicted octanol–water partition coefficient (Wildman–Crippen LogP) is 2.07. The number of nitrogens with one attached hydrogen (secondary N) is 1. The largest absolute Gasteiger partial charge is 0.376 e. The van der Waals surface area contributed by atoms with Crippen LogP contribution in [0, 0.1) is 10.1 Å². The summed E-state index contributed by atoms with van der Waals surface area (Å²) in [5, 5.41) is 13.8. The number of nitrogens with zero attached hydrogens (tertiary/aromatic N) is 1. The van der Waals surface area contributed by atoms with Crippen LogP contribution in [0.4, 0.5) is 11.4 Å². The summed E-state index contributed by atoms with van der Waals surface area (Å²) >= 11 is 0. The Bertz CT molecular complexity index is 505. The number of nitrogens with two attached hydrogens (primary N) is 1. The van der Waals surface area contributed by atoms with Crippen molar-refractivity contribution in [3.05, 3.63) is 45.5 Å². The summed E-state index contributed by atoms with van der Waals surface area (Å²) in [7, 11) is 0. The summed E-state index contributed by atoms with van der Waals surface area (Å²) in [6.45, 7) is 4.36. The van der Waals surface area contributed by atoms with Gasteiger partial charge in [0.2, 0.25) is 5.91 Å². The highest BCUT2D eigenvalue weighted by Gasteiger charge is 2.15. The van der Waals surface area contributed by atoms with E-state index in [-0.39, 0.29) is 11.3 Å². The van der Waals surface area contributed by atoms with E-state index < -0.39 is 10.8 Å². The third-order valence-corrected chi connectivity index (χ3v) is 2.28. The average molecular weight is 249 g/mol. The number of allylic oxidation sites excluding steroid dienone is 1. The molecule has 6 nitrogen and oxygen atoms in total. The van der Waals surface area contributed by atoms with Crippen molar-refractivity contribution in [2.45, 2.75) is 13.8 Å². The molecule has 1 aromatic rings. The van der Waals surface area contributed by atoms with Crippen molar-refractivity contribution in [2.75, 3.05) is 11.9 Å². The Kier molecular flexibility index (Phi) is 4.42. The second-order valence-corrected chi connectivity index (χ2v) is 4.02. The number of primary amides is 1. The summed E-state index contributed by atoms with van der Waals surface area (Å²) in [4.78, 5) is 21.3. The molecule has 0 heterocycles. The maximum atomic E-state index is 11.0. The molecular weight excluding hydrogens is 234 g/mol. The predicted molar refractivity (Wildman–Crippen MR) is 69.5 cm³/mol. The highest BCUT2D eigenvalue weighted by atomic mass is 16.6. The molecule has 0 fully saturated rings. The maximum Gasteiger partial charge on any atom is 0.293 e. The van der Waals surface area contributed by atoms with Gasteiger partial charge in [-0.15, -0.1) is 0 Å². The number of hydrogen-bond acceptors (Lipinski definition) is 4. The van der Waals surface area contributed by atoms with Crippen LogP contribution < -0.4 is 11.1 Å². The number of rotatable bonds is 5. The summed E-state index contributed by atoms with van der Waals surface area (Å²) in [6.07, 6.45) is 1.91. The van der Waals surface area contributed by atoms with E-state index in [0.717, 1.165) is 5.57 Å². The first kappa shape index (κ1) is 13.7. The zero-order valence-electron chi connectivity index (χ0n) is 10.3. The maximum absolute atomic E-state index is 11.0. The van der Waals surface area contributed by atoms with Gasteiger partial charge in [0.1, 0.15) is 5.69 Å². The van der Waals surface area contributed by atoms with Crippen LogP contribution in [0.5, 0.6) is 0 Å². The molecule has 0 aliphatic rings. The lowest BCUT2D eigenvalue weighted by molar-refractivity contribution is -0.384. The van der Waals surface area contributed by atoms with Crippen LogP contribution in [0.1, 0.15) is 24.2 Å². The quantitative estimate of drug-likeness (QED) is 0.474. The minimum absolute atomic E-state index is 0.120. The minimum Gasteiger partial charge on any atom is -0.376 e. The molecule has 3 N–H and O–H groups in total. The number of carbonyl (C=O) groups is 1. The zero-order chi connectivity index (χ0) is 13.7. The van der Waals surface area contributed by atoms with Crippen molar-refractivity contribution in [2.24, 2.45) is 5.73 Å². The molecule has 0 saturated carbocycles. The number of carbonyl (C=O) groups excluding carboxylic acids is 1. The molecule has 0 saturated heterocycles. The number of hydrogen-bond donors (Lipinski definition) is 2. The molecule has 6 heteroatoms. The molecule has 0 aromatic heterocycles. The molecule has 1 amide bonds. The van der Waals surface area contributed by atoms with E-state index in [1.165, 1.54) is 18.2 Å². The van der Waals surface area contributed by atoms with Gasteiger partial charge in [-0.25, -0.2) is 0 Å². The summed E-state index contributed by atoms with van der Waals surface area (Å²) in [6, 6.07) is 4.12. The molecule has 0 spiro atoms. The Hall–Kier alpha value is -2.37. The van der Waals surface area contributed by atoms with E-state index in [4.69, 9.17) is 5.73 Å². The summed E-state index contributed by atoms with van der Waals surface area (Å²) in [5.74, 6) is -0.686. The van der Waals surface area contributed by atoms with Crippen LogP contribution in [0.15, 0.2) is 29.8 Å².